The Labute approximate surface area is 297 Å². The van der Waals surface area contributed by atoms with Gasteiger partial charge in [0.1, 0.15) is 5.82 Å². The van der Waals surface area contributed by atoms with Crippen LogP contribution in [0.5, 0.6) is 0 Å². The van der Waals surface area contributed by atoms with Crippen LogP contribution in [0.15, 0.2) is 176 Å². The Kier molecular flexibility index (Phi) is 6.12. The highest BCUT2D eigenvalue weighted by molar-refractivity contribution is 7.25. The van der Waals surface area contributed by atoms with Crippen LogP contribution in [-0.2, 0) is 0 Å². The van der Waals surface area contributed by atoms with E-state index >= 15 is 0 Å². The third-order valence-corrected chi connectivity index (χ3v) is 11.5. The highest BCUT2D eigenvalue weighted by atomic mass is 32.1. The first-order valence-electron chi connectivity index (χ1n) is 17.3. The van der Waals surface area contributed by atoms with Crippen LogP contribution in [0.4, 0.5) is 0 Å². The Morgan fingerprint density at radius 2 is 0.961 bits per heavy atom. The number of benzene rings is 7. The van der Waals surface area contributed by atoms with Crippen molar-refractivity contribution in [1.29, 1.82) is 0 Å². The summed E-state index contributed by atoms with van der Waals surface area (Å²) in [7, 11) is 0. The Morgan fingerprint density at radius 1 is 0.353 bits per heavy atom. The summed E-state index contributed by atoms with van der Waals surface area (Å²) >= 11 is 1.86. The zero-order chi connectivity index (χ0) is 33.5. The molecule has 4 aromatic heterocycles. The van der Waals surface area contributed by atoms with Gasteiger partial charge in [0, 0.05) is 53.0 Å². The average Bonchev–Trinajstić information content (AvgIpc) is 3.84. The molecule has 0 aliphatic heterocycles. The number of aromatic nitrogens is 3. The van der Waals surface area contributed by atoms with Crippen LogP contribution in [0.2, 0.25) is 0 Å². The van der Waals surface area contributed by atoms with Gasteiger partial charge in [-0.15, -0.1) is 11.3 Å². The normalized spacial score (nSPS) is 11.9. The molecule has 4 heteroatoms. The van der Waals surface area contributed by atoms with Crippen molar-refractivity contribution < 1.29 is 0 Å². The van der Waals surface area contributed by atoms with Gasteiger partial charge in [-0.25, -0.2) is 4.98 Å². The van der Waals surface area contributed by atoms with Gasteiger partial charge in [0.25, 0.3) is 0 Å². The van der Waals surface area contributed by atoms with Crippen LogP contribution < -0.4 is 0 Å². The minimum atomic E-state index is 0.911. The maximum Gasteiger partial charge on any atom is 0.138 e. The van der Waals surface area contributed by atoms with Gasteiger partial charge in [-0.1, -0.05) is 109 Å². The van der Waals surface area contributed by atoms with Gasteiger partial charge in [-0.05, 0) is 77.9 Å². The third-order valence-electron chi connectivity index (χ3n) is 10.3. The lowest BCUT2D eigenvalue weighted by Gasteiger charge is -2.11. The molecular formula is C47H29N3S. The molecule has 0 unspecified atom stereocenters. The number of pyridine rings is 1. The zero-order valence-electron chi connectivity index (χ0n) is 27.5. The zero-order valence-corrected chi connectivity index (χ0v) is 28.3. The standard InChI is InChI=1S/C47H29N3S/c1-2-12-30(13-3-1)40-19-11-23-47(48-40)50-42-21-8-5-17-35(42)38-28-43-37(29-44(38)50)34-16-4-7-20-41(34)49(43)33-15-10-14-31(26-33)32-24-25-46-39(27-32)36-18-6-9-22-45(36)51-46/h1-29H. The van der Waals surface area contributed by atoms with Gasteiger partial charge in [-0.3, -0.25) is 4.57 Å². The number of fused-ring (bicyclic) bond motifs is 9. The molecule has 4 heterocycles. The van der Waals surface area contributed by atoms with E-state index in [1.54, 1.807) is 0 Å². The molecule has 11 aromatic rings. The second-order valence-electron chi connectivity index (χ2n) is 13.2. The SMILES string of the molecule is c1ccc(-c2cccc(-n3c4ccccc4c4cc5c(cc43)c3ccccc3n5-c3cccc(-c4ccc5sc6ccccc6c5c4)c3)n2)cc1. The molecular weight excluding hydrogens is 639 g/mol. The number of thiophene rings is 1. The van der Waals surface area contributed by atoms with Gasteiger partial charge < -0.3 is 4.57 Å². The predicted octanol–water partition coefficient (Wildman–Crippen LogP) is 13.0. The highest BCUT2D eigenvalue weighted by Crippen LogP contribution is 2.41. The minimum Gasteiger partial charge on any atom is -0.309 e. The van der Waals surface area contributed by atoms with E-state index in [0.29, 0.717) is 0 Å². The van der Waals surface area contributed by atoms with E-state index in [1.165, 1.54) is 63.9 Å². The smallest absolute Gasteiger partial charge is 0.138 e. The van der Waals surface area contributed by atoms with E-state index in [1.807, 2.05) is 17.4 Å². The summed E-state index contributed by atoms with van der Waals surface area (Å²) in [4.78, 5) is 5.21. The van der Waals surface area contributed by atoms with Crippen LogP contribution in [0, 0.1) is 0 Å². The first-order valence-corrected chi connectivity index (χ1v) is 18.1. The molecule has 0 radical (unpaired) electrons. The molecule has 0 aliphatic rings. The van der Waals surface area contributed by atoms with E-state index in [9.17, 15) is 0 Å². The molecule has 0 amide bonds. The molecule has 7 aromatic carbocycles. The maximum absolute atomic E-state index is 5.21. The average molecular weight is 668 g/mol. The molecule has 11 rings (SSSR count). The molecule has 51 heavy (non-hydrogen) atoms. The van der Waals surface area contributed by atoms with Crippen LogP contribution in [-0.4, -0.2) is 14.1 Å². The van der Waals surface area contributed by atoms with Crippen molar-refractivity contribution in [3.05, 3.63) is 176 Å². The number of para-hydroxylation sites is 2. The fourth-order valence-corrected chi connectivity index (χ4v) is 9.09. The van der Waals surface area contributed by atoms with Gasteiger partial charge in [0.2, 0.25) is 0 Å². The van der Waals surface area contributed by atoms with E-state index in [-0.39, 0.29) is 0 Å². The molecule has 238 valence electrons. The van der Waals surface area contributed by atoms with Crippen molar-refractivity contribution in [1.82, 2.24) is 14.1 Å². The van der Waals surface area contributed by atoms with Gasteiger partial charge in [0.05, 0.1) is 27.8 Å². The monoisotopic (exact) mass is 667 g/mol. The molecule has 0 aliphatic carbocycles. The molecule has 0 spiro atoms. The topological polar surface area (TPSA) is 22.8 Å². The number of hydrogen-bond acceptors (Lipinski definition) is 2. The second-order valence-corrected chi connectivity index (χ2v) is 14.3. The summed E-state index contributed by atoms with van der Waals surface area (Å²) in [6, 6.07) is 63.6. The van der Waals surface area contributed by atoms with Crippen molar-refractivity contribution >= 4 is 75.1 Å². The van der Waals surface area contributed by atoms with Gasteiger partial charge >= 0.3 is 0 Å². The lowest BCUT2D eigenvalue weighted by Crippen LogP contribution is -1.98. The summed E-state index contributed by atoms with van der Waals surface area (Å²) in [6.07, 6.45) is 0. The summed E-state index contributed by atoms with van der Waals surface area (Å²) in [5.41, 5.74) is 10.3. The van der Waals surface area contributed by atoms with Crippen molar-refractivity contribution in [2.75, 3.05) is 0 Å². The van der Waals surface area contributed by atoms with E-state index < -0.39 is 0 Å². The fourth-order valence-electron chi connectivity index (χ4n) is 8.00. The first kappa shape index (κ1) is 28.4. The Bertz CT molecular complexity index is 3140. The van der Waals surface area contributed by atoms with Crippen molar-refractivity contribution in [3.63, 3.8) is 0 Å². The first-order chi connectivity index (χ1) is 25.3. The molecule has 3 nitrogen and oxygen atoms in total. The second kappa shape index (κ2) is 11.0. The lowest BCUT2D eigenvalue weighted by atomic mass is 10.0. The Morgan fingerprint density at radius 3 is 1.76 bits per heavy atom. The van der Waals surface area contributed by atoms with Crippen LogP contribution in [0.3, 0.4) is 0 Å². The molecule has 0 N–H and O–H groups in total. The largest absolute Gasteiger partial charge is 0.309 e. The van der Waals surface area contributed by atoms with Gasteiger partial charge in [-0.2, -0.15) is 0 Å². The number of rotatable bonds is 4. The van der Waals surface area contributed by atoms with Crippen LogP contribution >= 0.6 is 11.3 Å². The van der Waals surface area contributed by atoms with Crippen molar-refractivity contribution in [2.45, 2.75) is 0 Å². The quantitative estimate of drug-likeness (QED) is 0.183. The molecule has 0 saturated carbocycles. The van der Waals surface area contributed by atoms with E-state index in [2.05, 4.69) is 179 Å². The van der Waals surface area contributed by atoms with Crippen molar-refractivity contribution in [3.8, 4) is 33.9 Å². The fraction of sp³-hybridized carbons (Fsp3) is 0. The molecule has 0 atom stereocenters. The molecule has 0 fully saturated rings. The number of hydrogen-bond donors (Lipinski definition) is 0. The van der Waals surface area contributed by atoms with Crippen LogP contribution in [0.1, 0.15) is 0 Å². The predicted molar refractivity (Wildman–Crippen MR) is 217 cm³/mol. The molecule has 0 bridgehead atoms. The number of nitrogens with zero attached hydrogens (tertiary/aromatic N) is 3. The third kappa shape index (κ3) is 4.33. The Hall–Kier alpha value is -6.49. The maximum atomic E-state index is 5.21. The van der Waals surface area contributed by atoms with E-state index in [4.69, 9.17) is 4.98 Å². The van der Waals surface area contributed by atoms with Gasteiger partial charge in [0.15, 0.2) is 0 Å². The lowest BCUT2D eigenvalue weighted by molar-refractivity contribution is 1.08. The van der Waals surface area contributed by atoms with Crippen LogP contribution in [0.25, 0.3) is 97.7 Å². The summed E-state index contributed by atoms with van der Waals surface area (Å²) in [5, 5.41) is 7.51. The summed E-state index contributed by atoms with van der Waals surface area (Å²) in [5.74, 6) is 0.911. The minimum absolute atomic E-state index is 0.911. The summed E-state index contributed by atoms with van der Waals surface area (Å²) < 4.78 is 7.42. The summed E-state index contributed by atoms with van der Waals surface area (Å²) in [6.45, 7) is 0. The van der Waals surface area contributed by atoms with E-state index in [0.717, 1.165) is 33.8 Å². The van der Waals surface area contributed by atoms with Crippen molar-refractivity contribution in [2.24, 2.45) is 0 Å². The Balaban J connectivity index is 1.14. The highest BCUT2D eigenvalue weighted by Gasteiger charge is 2.19. The molecule has 0 saturated heterocycles.